The lowest BCUT2D eigenvalue weighted by atomic mass is 10.0. The number of alkyl halides is 3. The van der Waals surface area contributed by atoms with Crippen molar-refractivity contribution in [3.8, 4) is 17.0 Å². The van der Waals surface area contributed by atoms with Crippen LogP contribution in [0.4, 0.5) is 19.0 Å². The molecule has 0 spiro atoms. The summed E-state index contributed by atoms with van der Waals surface area (Å²) >= 11 is 0. The maximum absolute atomic E-state index is 13.1. The molecule has 0 radical (unpaired) electrons. The maximum atomic E-state index is 13.1. The van der Waals surface area contributed by atoms with Crippen LogP contribution in [0.5, 0.6) is 5.75 Å². The van der Waals surface area contributed by atoms with E-state index in [9.17, 15) is 17.4 Å². The number of aromatic nitrogens is 3. The second-order valence-corrected chi connectivity index (χ2v) is 7.63. The van der Waals surface area contributed by atoms with Gasteiger partial charge in [-0.15, -0.1) is 0 Å². The van der Waals surface area contributed by atoms with Gasteiger partial charge in [-0.25, -0.2) is 14.2 Å². The second kappa shape index (κ2) is 8.31. The lowest BCUT2D eigenvalue weighted by molar-refractivity contribution is -0.137. The number of fused-ring (bicyclic) bond motifs is 1. The molecule has 1 unspecified atom stereocenters. The first-order chi connectivity index (χ1) is 14.9. The number of hydrogen-bond acceptors (Lipinski definition) is 5. The van der Waals surface area contributed by atoms with Gasteiger partial charge in [0.25, 0.3) is 0 Å². The molecule has 158 valence electrons. The van der Waals surface area contributed by atoms with Gasteiger partial charge < -0.3 is 4.74 Å². The van der Waals surface area contributed by atoms with E-state index in [1.807, 2.05) is 0 Å². The summed E-state index contributed by atoms with van der Waals surface area (Å²) in [6.07, 6.45) is -0.0649. The lowest BCUT2D eigenvalue weighted by Crippen LogP contribution is -2.06. The van der Waals surface area contributed by atoms with E-state index in [1.165, 1.54) is 25.7 Å². The van der Waals surface area contributed by atoms with Crippen molar-refractivity contribution >= 4 is 27.6 Å². The van der Waals surface area contributed by atoms with Gasteiger partial charge in [0.2, 0.25) is 0 Å². The number of ether oxygens (including phenoxy) is 1. The van der Waals surface area contributed by atoms with Gasteiger partial charge in [-0.1, -0.05) is 6.07 Å². The Balaban J connectivity index is 1.73. The number of pyridine rings is 1. The minimum absolute atomic E-state index is 0.0629. The number of methoxy groups -OCH3 is 1. The summed E-state index contributed by atoms with van der Waals surface area (Å²) in [5.41, 5.74) is 0.0834. The van der Waals surface area contributed by atoms with Crippen LogP contribution in [0.2, 0.25) is 0 Å². The molecule has 10 heteroatoms. The fraction of sp³-hybridized carbons (Fsp3) is 0.0952. The van der Waals surface area contributed by atoms with E-state index in [2.05, 4.69) is 19.7 Å². The summed E-state index contributed by atoms with van der Waals surface area (Å²) in [6.45, 7) is 0. The normalized spacial score (nSPS) is 12.5. The first-order valence-corrected chi connectivity index (χ1v) is 10.1. The number of nitrogens with one attached hydrogen (secondary N) is 1. The van der Waals surface area contributed by atoms with Crippen molar-refractivity contribution < 1.29 is 22.1 Å². The first-order valence-electron chi connectivity index (χ1n) is 8.95. The average Bonchev–Trinajstić information content (AvgIpc) is 2.78. The van der Waals surface area contributed by atoms with Gasteiger partial charge in [0.05, 0.1) is 23.3 Å². The van der Waals surface area contributed by atoms with E-state index >= 15 is 0 Å². The van der Waals surface area contributed by atoms with Crippen LogP contribution in [-0.2, 0) is 17.2 Å². The van der Waals surface area contributed by atoms with Crippen molar-refractivity contribution in [2.24, 2.45) is 0 Å². The highest BCUT2D eigenvalue weighted by Gasteiger charge is 2.31. The molecule has 0 aliphatic heterocycles. The standard InChI is InChI=1S/C21H15F3N4O2S/c1-30-18-11-14(21(22,23)24)2-4-17(18)20-16-5-3-15(10-13(16)6-9-26-20)31(29)28-19-7-8-25-12-27-19/h2-12H,1H3,(H,25,27,28). The third-order valence-electron chi connectivity index (χ3n) is 4.51. The van der Waals surface area contributed by atoms with Crippen molar-refractivity contribution in [2.75, 3.05) is 11.8 Å². The van der Waals surface area contributed by atoms with E-state index in [0.29, 0.717) is 27.4 Å². The number of nitrogens with zero attached hydrogens (tertiary/aromatic N) is 3. The summed E-state index contributed by atoms with van der Waals surface area (Å²) in [4.78, 5) is 12.6. The third kappa shape index (κ3) is 4.33. The molecule has 2 heterocycles. The average molecular weight is 444 g/mol. The minimum atomic E-state index is -4.48. The van der Waals surface area contributed by atoms with E-state index in [0.717, 1.165) is 17.5 Å². The Labute approximate surface area is 177 Å². The van der Waals surface area contributed by atoms with Crippen LogP contribution >= 0.6 is 0 Å². The number of rotatable bonds is 5. The Hall–Kier alpha value is -3.53. The maximum Gasteiger partial charge on any atom is 0.416 e. The van der Waals surface area contributed by atoms with Gasteiger partial charge in [0.1, 0.15) is 17.9 Å². The Morgan fingerprint density at radius 2 is 1.84 bits per heavy atom. The Bertz CT molecular complexity index is 1270. The van der Waals surface area contributed by atoms with Gasteiger partial charge in [-0.05, 0) is 47.9 Å². The summed E-state index contributed by atoms with van der Waals surface area (Å²) in [6, 6.07) is 11.7. The molecule has 1 atom stereocenters. The molecule has 4 rings (SSSR count). The molecule has 31 heavy (non-hydrogen) atoms. The zero-order valence-electron chi connectivity index (χ0n) is 16.1. The molecule has 0 aliphatic carbocycles. The van der Waals surface area contributed by atoms with Gasteiger partial charge in [0, 0.05) is 23.3 Å². The van der Waals surface area contributed by atoms with Gasteiger partial charge in [0.15, 0.2) is 11.0 Å². The molecular formula is C21H15F3N4O2S. The molecule has 0 saturated carbocycles. The van der Waals surface area contributed by atoms with Gasteiger partial charge >= 0.3 is 6.18 Å². The number of hydrogen-bond donors (Lipinski definition) is 1. The molecule has 2 aromatic heterocycles. The molecule has 0 saturated heterocycles. The summed E-state index contributed by atoms with van der Waals surface area (Å²) < 4.78 is 59.8. The van der Waals surface area contributed by atoms with Crippen molar-refractivity contribution in [3.05, 3.63) is 72.8 Å². The monoisotopic (exact) mass is 444 g/mol. The van der Waals surface area contributed by atoms with Crippen LogP contribution in [0.25, 0.3) is 22.0 Å². The van der Waals surface area contributed by atoms with E-state index < -0.39 is 22.7 Å². The van der Waals surface area contributed by atoms with Gasteiger partial charge in [-0.2, -0.15) is 13.2 Å². The van der Waals surface area contributed by atoms with Crippen LogP contribution in [0, 0.1) is 0 Å². The van der Waals surface area contributed by atoms with E-state index in [4.69, 9.17) is 4.74 Å². The zero-order valence-corrected chi connectivity index (χ0v) is 16.9. The summed E-state index contributed by atoms with van der Waals surface area (Å²) in [7, 11) is -0.261. The van der Waals surface area contributed by atoms with Crippen LogP contribution in [0.3, 0.4) is 0 Å². The highest BCUT2D eigenvalue weighted by molar-refractivity contribution is 7.86. The fourth-order valence-corrected chi connectivity index (χ4v) is 3.91. The molecule has 0 amide bonds. The zero-order chi connectivity index (χ0) is 22.0. The molecular weight excluding hydrogens is 429 g/mol. The minimum Gasteiger partial charge on any atom is -0.496 e. The molecule has 4 aromatic rings. The predicted molar refractivity (Wildman–Crippen MR) is 111 cm³/mol. The lowest BCUT2D eigenvalue weighted by Gasteiger charge is -2.14. The van der Waals surface area contributed by atoms with Crippen molar-refractivity contribution in [2.45, 2.75) is 11.1 Å². The highest BCUT2D eigenvalue weighted by Crippen LogP contribution is 2.38. The fourth-order valence-electron chi connectivity index (χ4n) is 3.05. The van der Waals surface area contributed by atoms with Crippen LogP contribution in [-0.4, -0.2) is 26.3 Å². The molecule has 0 aliphatic rings. The Morgan fingerprint density at radius 3 is 2.55 bits per heavy atom. The molecule has 0 bridgehead atoms. The predicted octanol–water partition coefficient (Wildman–Crippen LogP) is 4.85. The number of halogens is 3. The van der Waals surface area contributed by atoms with Crippen LogP contribution in [0.1, 0.15) is 5.56 Å². The van der Waals surface area contributed by atoms with E-state index in [-0.39, 0.29) is 5.75 Å². The smallest absolute Gasteiger partial charge is 0.416 e. The second-order valence-electron chi connectivity index (χ2n) is 6.42. The topological polar surface area (TPSA) is 77.0 Å². The van der Waals surface area contributed by atoms with Gasteiger partial charge in [-0.3, -0.25) is 9.71 Å². The highest BCUT2D eigenvalue weighted by atomic mass is 32.2. The molecule has 6 nitrogen and oxygen atoms in total. The van der Waals surface area contributed by atoms with Crippen molar-refractivity contribution in [1.29, 1.82) is 0 Å². The summed E-state index contributed by atoms with van der Waals surface area (Å²) in [5, 5.41) is 1.41. The van der Waals surface area contributed by atoms with Crippen LogP contribution < -0.4 is 9.46 Å². The number of anilines is 1. The molecule has 0 fully saturated rings. The van der Waals surface area contributed by atoms with Crippen molar-refractivity contribution in [1.82, 2.24) is 15.0 Å². The third-order valence-corrected chi connectivity index (χ3v) is 5.59. The van der Waals surface area contributed by atoms with Crippen LogP contribution in [0.15, 0.2) is 72.1 Å². The Kier molecular flexibility index (Phi) is 5.55. The summed E-state index contributed by atoms with van der Waals surface area (Å²) in [5.74, 6) is 0.478. The SMILES string of the molecule is COc1cc(C(F)(F)F)ccc1-c1nccc2cc(S(=O)Nc3ccncn3)ccc12. The Morgan fingerprint density at radius 1 is 1.00 bits per heavy atom. The number of benzene rings is 2. The first kappa shape index (κ1) is 20.7. The quantitative estimate of drug-likeness (QED) is 0.476. The largest absolute Gasteiger partial charge is 0.496 e. The van der Waals surface area contributed by atoms with Crippen molar-refractivity contribution in [3.63, 3.8) is 0 Å². The molecule has 1 N–H and O–H groups in total. The van der Waals surface area contributed by atoms with E-state index in [1.54, 1.807) is 36.5 Å². The molecule has 2 aromatic carbocycles.